The first-order chi connectivity index (χ1) is 11.5. The summed E-state index contributed by atoms with van der Waals surface area (Å²) in [6, 6.07) is 9.56. The molecule has 0 unspecified atom stereocenters. The van der Waals surface area contributed by atoms with E-state index in [1.165, 1.54) is 0 Å². The number of benzene rings is 1. The van der Waals surface area contributed by atoms with E-state index >= 15 is 0 Å². The molecule has 1 aromatic carbocycles. The largest absolute Gasteiger partial charge is 0.461 e. The average molecular weight is 378 g/mol. The third-order valence-corrected chi connectivity index (χ3v) is 6.59. The molecule has 0 bridgehead atoms. The fourth-order valence-electron chi connectivity index (χ4n) is 2.52. The summed E-state index contributed by atoms with van der Waals surface area (Å²) in [6.45, 7) is 12.2. The standard InChI is InChI=1S/C18H27N2O3PSi/c1-7-23-18(21)16-12-17(25(4,5)6)19-20(16)15-10-8-9-14(11-15)13-24(2,3)22/h8-12H,7,13H2,1-6H3. The average Bonchev–Trinajstić information content (AvgIpc) is 2.91. The summed E-state index contributed by atoms with van der Waals surface area (Å²) in [4.78, 5) is 12.4. The number of hydrogen-bond donors (Lipinski definition) is 0. The zero-order valence-corrected chi connectivity index (χ0v) is 17.8. The molecular weight excluding hydrogens is 351 g/mol. The van der Waals surface area contributed by atoms with Crippen molar-refractivity contribution in [2.75, 3.05) is 19.9 Å². The van der Waals surface area contributed by atoms with Crippen LogP contribution in [0.15, 0.2) is 30.3 Å². The summed E-state index contributed by atoms with van der Waals surface area (Å²) in [5, 5.41) is 5.66. The second-order valence-electron chi connectivity index (χ2n) is 7.70. The summed E-state index contributed by atoms with van der Waals surface area (Å²) in [5.74, 6) is -0.374. The summed E-state index contributed by atoms with van der Waals surface area (Å²) < 4.78 is 19.0. The quantitative estimate of drug-likeness (QED) is 0.437. The van der Waals surface area contributed by atoms with Crippen LogP contribution in [0.4, 0.5) is 0 Å². The number of rotatable bonds is 6. The molecule has 0 N–H and O–H groups in total. The van der Waals surface area contributed by atoms with Crippen LogP contribution in [0.3, 0.4) is 0 Å². The first-order valence-corrected chi connectivity index (χ1v) is 14.7. The van der Waals surface area contributed by atoms with Crippen molar-refractivity contribution in [2.45, 2.75) is 32.7 Å². The molecule has 2 rings (SSSR count). The topological polar surface area (TPSA) is 61.2 Å². The Hall–Kier alpha value is -1.65. The molecule has 25 heavy (non-hydrogen) atoms. The zero-order chi connectivity index (χ0) is 18.8. The van der Waals surface area contributed by atoms with Crippen LogP contribution in [-0.2, 0) is 15.5 Å². The molecule has 0 aliphatic heterocycles. The van der Waals surface area contributed by atoms with Gasteiger partial charge in [-0.3, -0.25) is 0 Å². The van der Waals surface area contributed by atoms with Gasteiger partial charge in [0, 0.05) is 11.5 Å². The van der Waals surface area contributed by atoms with Crippen LogP contribution in [0.1, 0.15) is 23.0 Å². The fourth-order valence-corrected chi connectivity index (χ4v) is 4.57. The highest BCUT2D eigenvalue weighted by Crippen LogP contribution is 2.40. The minimum Gasteiger partial charge on any atom is -0.461 e. The second-order valence-corrected chi connectivity index (χ2v) is 16.2. The molecule has 0 spiro atoms. The predicted molar refractivity (Wildman–Crippen MR) is 106 cm³/mol. The number of aromatic nitrogens is 2. The van der Waals surface area contributed by atoms with Gasteiger partial charge in [0.15, 0.2) is 5.69 Å². The van der Waals surface area contributed by atoms with Gasteiger partial charge in [0.2, 0.25) is 0 Å². The van der Waals surface area contributed by atoms with E-state index in [2.05, 4.69) is 19.6 Å². The summed E-state index contributed by atoms with van der Waals surface area (Å²) in [5.41, 5.74) is 2.21. The Morgan fingerprint density at radius 1 is 1.24 bits per heavy atom. The van der Waals surface area contributed by atoms with Gasteiger partial charge in [-0.05, 0) is 44.0 Å². The van der Waals surface area contributed by atoms with E-state index in [1.54, 1.807) is 24.9 Å². The molecule has 0 atom stereocenters. The molecule has 136 valence electrons. The van der Waals surface area contributed by atoms with E-state index in [4.69, 9.17) is 9.84 Å². The van der Waals surface area contributed by atoms with Gasteiger partial charge in [-0.25, -0.2) is 9.48 Å². The highest BCUT2D eigenvalue weighted by Gasteiger charge is 2.26. The Bertz CT molecular complexity index is 818. The van der Waals surface area contributed by atoms with E-state index in [1.807, 2.05) is 30.3 Å². The monoisotopic (exact) mass is 378 g/mol. The molecule has 0 saturated carbocycles. The van der Waals surface area contributed by atoms with Crippen LogP contribution in [-0.4, -0.2) is 43.8 Å². The van der Waals surface area contributed by atoms with Gasteiger partial charge >= 0.3 is 5.97 Å². The molecule has 0 fully saturated rings. The number of ether oxygens (including phenoxy) is 1. The lowest BCUT2D eigenvalue weighted by Crippen LogP contribution is -2.39. The maximum absolute atomic E-state index is 12.4. The van der Waals surface area contributed by atoms with Crippen molar-refractivity contribution in [1.29, 1.82) is 0 Å². The summed E-state index contributed by atoms with van der Waals surface area (Å²) in [6.07, 6.45) is 0.526. The van der Waals surface area contributed by atoms with Gasteiger partial charge in [0.1, 0.15) is 8.07 Å². The van der Waals surface area contributed by atoms with Crippen LogP contribution in [0.5, 0.6) is 0 Å². The molecule has 2 aromatic rings. The maximum Gasteiger partial charge on any atom is 0.357 e. The molecule has 0 aliphatic rings. The van der Waals surface area contributed by atoms with Crippen LogP contribution >= 0.6 is 7.14 Å². The highest BCUT2D eigenvalue weighted by atomic mass is 31.2. The lowest BCUT2D eigenvalue weighted by atomic mass is 10.2. The van der Waals surface area contributed by atoms with Gasteiger partial charge in [-0.1, -0.05) is 31.8 Å². The molecule has 7 heteroatoms. The molecule has 1 heterocycles. The Labute approximate surface area is 150 Å². The third kappa shape index (κ3) is 5.16. The number of hydrogen-bond acceptors (Lipinski definition) is 4. The van der Waals surface area contributed by atoms with Crippen molar-refractivity contribution in [3.8, 4) is 5.69 Å². The molecule has 0 radical (unpaired) electrons. The SMILES string of the molecule is CCOC(=O)c1cc([Si](C)(C)C)nn1-c1cccc(CP(C)(C)=O)c1. The Morgan fingerprint density at radius 2 is 1.92 bits per heavy atom. The Balaban J connectivity index is 2.53. The molecular formula is C18H27N2O3PSi. The maximum atomic E-state index is 12.4. The third-order valence-electron chi connectivity index (χ3n) is 3.68. The highest BCUT2D eigenvalue weighted by molar-refractivity contribution is 7.61. The van der Waals surface area contributed by atoms with Crippen molar-refractivity contribution in [1.82, 2.24) is 9.78 Å². The zero-order valence-electron chi connectivity index (χ0n) is 15.9. The Kier molecular flexibility index (Phi) is 5.74. The van der Waals surface area contributed by atoms with Crippen LogP contribution in [0.25, 0.3) is 5.69 Å². The molecule has 0 amide bonds. The van der Waals surface area contributed by atoms with Crippen LogP contribution in [0.2, 0.25) is 19.6 Å². The minimum atomic E-state index is -2.18. The van der Waals surface area contributed by atoms with Crippen molar-refractivity contribution < 1.29 is 14.1 Å². The van der Waals surface area contributed by atoms with Gasteiger partial charge in [0.25, 0.3) is 0 Å². The summed E-state index contributed by atoms with van der Waals surface area (Å²) >= 11 is 0. The minimum absolute atomic E-state index is 0.321. The lowest BCUT2D eigenvalue weighted by molar-refractivity contribution is 0.0515. The molecule has 0 saturated heterocycles. The molecule has 0 aliphatic carbocycles. The smallest absolute Gasteiger partial charge is 0.357 e. The van der Waals surface area contributed by atoms with Crippen LogP contribution in [0, 0.1) is 0 Å². The van der Waals surface area contributed by atoms with E-state index < -0.39 is 15.2 Å². The number of carbonyl (C=O) groups is 1. The lowest BCUT2D eigenvalue weighted by Gasteiger charge is -2.12. The van der Waals surface area contributed by atoms with Crippen molar-refractivity contribution >= 4 is 26.5 Å². The van der Waals surface area contributed by atoms with E-state index in [9.17, 15) is 9.36 Å². The van der Waals surface area contributed by atoms with Gasteiger partial charge in [-0.15, -0.1) is 0 Å². The second kappa shape index (κ2) is 7.30. The Morgan fingerprint density at radius 3 is 2.48 bits per heavy atom. The number of carbonyl (C=O) groups excluding carboxylic acids is 1. The predicted octanol–water partition coefficient (Wildman–Crippen LogP) is 3.72. The van der Waals surface area contributed by atoms with E-state index in [0.717, 1.165) is 16.6 Å². The van der Waals surface area contributed by atoms with Crippen molar-refractivity contribution in [3.05, 3.63) is 41.6 Å². The first-order valence-electron chi connectivity index (χ1n) is 8.42. The van der Waals surface area contributed by atoms with Gasteiger partial charge < -0.3 is 9.30 Å². The van der Waals surface area contributed by atoms with Gasteiger partial charge in [-0.2, -0.15) is 5.10 Å². The molecule has 1 aromatic heterocycles. The first kappa shape index (κ1) is 19.7. The molecule has 5 nitrogen and oxygen atoms in total. The number of esters is 1. The fraction of sp³-hybridized carbons (Fsp3) is 0.444. The summed E-state index contributed by atoms with van der Waals surface area (Å²) in [7, 11) is -3.86. The number of nitrogens with zero attached hydrogens (tertiary/aromatic N) is 2. The normalized spacial score (nSPS) is 12.2. The van der Waals surface area contributed by atoms with E-state index in [-0.39, 0.29) is 5.97 Å². The van der Waals surface area contributed by atoms with Crippen molar-refractivity contribution in [3.63, 3.8) is 0 Å². The van der Waals surface area contributed by atoms with Crippen LogP contribution < -0.4 is 5.32 Å². The van der Waals surface area contributed by atoms with Gasteiger partial charge in [0.05, 0.1) is 19.4 Å². The van der Waals surface area contributed by atoms with E-state index in [0.29, 0.717) is 18.5 Å². The van der Waals surface area contributed by atoms with Crippen molar-refractivity contribution in [2.24, 2.45) is 0 Å².